The zero-order valence-electron chi connectivity index (χ0n) is 14.0. The van der Waals surface area contributed by atoms with Crippen molar-refractivity contribution < 1.29 is 14.3 Å². The molecule has 1 aromatic rings. The average Bonchev–Trinajstić information content (AvgIpc) is 3.11. The monoisotopic (exact) mass is 317 g/mol. The highest BCUT2D eigenvalue weighted by Gasteiger charge is 2.36. The lowest BCUT2D eigenvalue weighted by molar-refractivity contribution is -0.135. The Hall–Kier alpha value is -1.55. The molecule has 1 saturated heterocycles. The highest BCUT2D eigenvalue weighted by atomic mass is 16.5. The maximum atomic E-state index is 12.4. The summed E-state index contributed by atoms with van der Waals surface area (Å²) >= 11 is 0. The van der Waals surface area contributed by atoms with E-state index in [2.05, 4.69) is 17.4 Å². The van der Waals surface area contributed by atoms with Gasteiger partial charge in [0.05, 0.1) is 7.11 Å². The Morgan fingerprint density at radius 2 is 1.96 bits per heavy atom. The van der Waals surface area contributed by atoms with Crippen LogP contribution in [0.4, 0.5) is 0 Å². The van der Waals surface area contributed by atoms with Gasteiger partial charge in [0.1, 0.15) is 11.9 Å². The molecule has 1 atom stereocenters. The molecule has 1 heterocycles. The summed E-state index contributed by atoms with van der Waals surface area (Å²) in [5.74, 6) is 0.936. The fraction of sp³-hybridized carbons (Fsp3) is 0.632. The molecule has 1 aliphatic carbocycles. The normalized spacial score (nSPS) is 23.4. The summed E-state index contributed by atoms with van der Waals surface area (Å²) in [5.41, 5.74) is 1.37. The van der Waals surface area contributed by atoms with Gasteiger partial charge in [-0.15, -0.1) is 0 Å². The van der Waals surface area contributed by atoms with Crippen molar-refractivity contribution in [3.05, 3.63) is 29.8 Å². The maximum absolute atomic E-state index is 12.4. The molecule has 4 heteroatoms. The van der Waals surface area contributed by atoms with Crippen LogP contribution in [0.2, 0.25) is 0 Å². The Labute approximate surface area is 138 Å². The number of rotatable bonds is 5. The van der Waals surface area contributed by atoms with Crippen LogP contribution in [-0.4, -0.2) is 32.3 Å². The van der Waals surface area contributed by atoms with E-state index in [0.717, 1.165) is 37.9 Å². The van der Waals surface area contributed by atoms with Crippen LogP contribution in [-0.2, 0) is 14.9 Å². The minimum Gasteiger partial charge on any atom is -0.497 e. The van der Waals surface area contributed by atoms with Crippen LogP contribution < -0.4 is 10.1 Å². The van der Waals surface area contributed by atoms with Crippen LogP contribution in [0.25, 0.3) is 0 Å². The SMILES string of the molecule is COc1ccc(C2(CNC(=O)[C@H]3CCCCO3)CCCC2)cc1. The second-order valence-corrected chi connectivity index (χ2v) is 6.79. The van der Waals surface area contributed by atoms with E-state index in [9.17, 15) is 4.79 Å². The van der Waals surface area contributed by atoms with Crippen LogP contribution in [0, 0.1) is 0 Å². The zero-order chi connectivity index (χ0) is 16.1. The largest absolute Gasteiger partial charge is 0.497 e. The van der Waals surface area contributed by atoms with E-state index in [1.807, 2.05) is 12.1 Å². The molecule has 0 spiro atoms. The van der Waals surface area contributed by atoms with Crippen molar-refractivity contribution in [2.24, 2.45) is 0 Å². The van der Waals surface area contributed by atoms with Gasteiger partial charge in [0.2, 0.25) is 5.91 Å². The van der Waals surface area contributed by atoms with Gasteiger partial charge in [0.15, 0.2) is 0 Å². The quantitative estimate of drug-likeness (QED) is 0.907. The van der Waals surface area contributed by atoms with Gasteiger partial charge < -0.3 is 14.8 Å². The summed E-state index contributed by atoms with van der Waals surface area (Å²) in [7, 11) is 1.69. The molecule has 2 fully saturated rings. The Kier molecular flexibility index (Phi) is 5.21. The van der Waals surface area contributed by atoms with Crippen molar-refractivity contribution >= 4 is 5.91 Å². The fourth-order valence-corrected chi connectivity index (χ4v) is 3.88. The van der Waals surface area contributed by atoms with Crippen molar-refractivity contribution in [1.82, 2.24) is 5.32 Å². The van der Waals surface area contributed by atoms with Crippen molar-refractivity contribution in [3.8, 4) is 5.75 Å². The third-order valence-corrected chi connectivity index (χ3v) is 5.34. The third kappa shape index (κ3) is 3.69. The van der Waals surface area contributed by atoms with Gasteiger partial charge in [0, 0.05) is 18.6 Å². The molecule has 126 valence electrons. The zero-order valence-corrected chi connectivity index (χ0v) is 14.0. The molecule has 23 heavy (non-hydrogen) atoms. The summed E-state index contributed by atoms with van der Waals surface area (Å²) in [4.78, 5) is 12.4. The summed E-state index contributed by atoms with van der Waals surface area (Å²) < 4.78 is 10.9. The molecule has 0 unspecified atom stereocenters. The van der Waals surface area contributed by atoms with Crippen LogP contribution in [0.3, 0.4) is 0 Å². The number of carbonyl (C=O) groups excluding carboxylic acids is 1. The summed E-state index contributed by atoms with van der Waals surface area (Å²) in [6.07, 6.45) is 7.46. The van der Waals surface area contributed by atoms with Crippen LogP contribution >= 0.6 is 0 Å². The molecule has 2 aliphatic rings. The number of amides is 1. The lowest BCUT2D eigenvalue weighted by Crippen LogP contribution is -2.44. The topological polar surface area (TPSA) is 47.6 Å². The van der Waals surface area contributed by atoms with E-state index in [4.69, 9.17) is 9.47 Å². The van der Waals surface area contributed by atoms with Gasteiger partial charge >= 0.3 is 0 Å². The molecule has 3 rings (SSSR count). The highest BCUT2D eigenvalue weighted by Crippen LogP contribution is 2.41. The van der Waals surface area contributed by atoms with E-state index in [-0.39, 0.29) is 17.4 Å². The van der Waals surface area contributed by atoms with Crippen LogP contribution in [0.5, 0.6) is 5.75 Å². The molecule has 1 N–H and O–H groups in total. The highest BCUT2D eigenvalue weighted by molar-refractivity contribution is 5.81. The maximum Gasteiger partial charge on any atom is 0.249 e. The molecular weight excluding hydrogens is 290 g/mol. The van der Waals surface area contributed by atoms with Crippen LogP contribution in [0.15, 0.2) is 24.3 Å². The molecule has 4 nitrogen and oxygen atoms in total. The number of hydrogen-bond acceptors (Lipinski definition) is 3. The third-order valence-electron chi connectivity index (χ3n) is 5.34. The van der Waals surface area contributed by atoms with Crippen molar-refractivity contribution in [2.75, 3.05) is 20.3 Å². The molecule has 0 aromatic heterocycles. The van der Waals surface area contributed by atoms with Gasteiger partial charge in [-0.2, -0.15) is 0 Å². The van der Waals surface area contributed by atoms with E-state index in [1.165, 1.54) is 18.4 Å². The number of hydrogen-bond donors (Lipinski definition) is 1. The van der Waals surface area contributed by atoms with Gasteiger partial charge in [-0.25, -0.2) is 0 Å². The lowest BCUT2D eigenvalue weighted by Gasteiger charge is -2.31. The van der Waals surface area contributed by atoms with Gasteiger partial charge in [-0.3, -0.25) is 4.79 Å². The van der Waals surface area contributed by atoms with Gasteiger partial charge in [-0.05, 0) is 49.8 Å². The van der Waals surface area contributed by atoms with Crippen molar-refractivity contribution in [1.29, 1.82) is 0 Å². The van der Waals surface area contributed by atoms with Crippen molar-refractivity contribution in [3.63, 3.8) is 0 Å². The van der Waals surface area contributed by atoms with E-state index >= 15 is 0 Å². The minimum atomic E-state index is -0.252. The molecule has 1 aromatic carbocycles. The summed E-state index contributed by atoms with van der Waals surface area (Å²) in [6, 6.07) is 8.32. The molecular formula is C19H27NO3. The number of nitrogens with one attached hydrogen (secondary N) is 1. The Morgan fingerprint density at radius 1 is 1.22 bits per heavy atom. The Morgan fingerprint density at radius 3 is 2.57 bits per heavy atom. The predicted molar refractivity (Wildman–Crippen MR) is 89.7 cm³/mol. The summed E-state index contributed by atoms with van der Waals surface area (Å²) in [5, 5.41) is 3.17. The first kappa shape index (κ1) is 16.3. The first-order chi connectivity index (χ1) is 11.2. The molecule has 0 radical (unpaired) electrons. The second-order valence-electron chi connectivity index (χ2n) is 6.79. The fourth-order valence-electron chi connectivity index (χ4n) is 3.88. The van der Waals surface area contributed by atoms with Crippen LogP contribution in [0.1, 0.15) is 50.5 Å². The van der Waals surface area contributed by atoms with E-state index < -0.39 is 0 Å². The van der Waals surface area contributed by atoms with E-state index in [1.54, 1.807) is 7.11 Å². The average molecular weight is 317 g/mol. The minimum absolute atomic E-state index is 0.0597. The predicted octanol–water partition coefficient (Wildman–Crippen LogP) is 3.19. The van der Waals surface area contributed by atoms with Gasteiger partial charge in [0.25, 0.3) is 0 Å². The first-order valence-corrected chi connectivity index (χ1v) is 8.77. The molecule has 1 amide bonds. The van der Waals surface area contributed by atoms with Crippen molar-refractivity contribution in [2.45, 2.75) is 56.5 Å². The molecule has 1 aliphatic heterocycles. The standard InChI is InChI=1S/C19H27NO3/c1-22-16-9-7-15(8-10-16)19(11-3-4-12-19)14-20-18(21)17-6-2-5-13-23-17/h7-10,17H,2-6,11-14H2,1H3,(H,20,21)/t17-/m1/s1. The van der Waals surface area contributed by atoms with E-state index in [0.29, 0.717) is 13.2 Å². The number of carbonyl (C=O) groups is 1. The number of benzene rings is 1. The molecule has 0 bridgehead atoms. The second kappa shape index (κ2) is 7.35. The molecule has 1 saturated carbocycles. The van der Waals surface area contributed by atoms with Gasteiger partial charge in [-0.1, -0.05) is 25.0 Å². The lowest BCUT2D eigenvalue weighted by atomic mass is 9.78. The number of methoxy groups -OCH3 is 1. The number of ether oxygens (including phenoxy) is 2. The Balaban J connectivity index is 1.66. The first-order valence-electron chi connectivity index (χ1n) is 8.77. The summed E-state index contributed by atoms with van der Waals surface area (Å²) in [6.45, 7) is 1.42. The Bertz CT molecular complexity index is 514. The smallest absolute Gasteiger partial charge is 0.249 e.